The fourth-order valence-electron chi connectivity index (χ4n) is 4.52. The van der Waals surface area contributed by atoms with Gasteiger partial charge in [0.15, 0.2) is 0 Å². The molecule has 1 atom stereocenters. The van der Waals surface area contributed by atoms with Crippen LogP contribution in [0.5, 0.6) is 0 Å². The summed E-state index contributed by atoms with van der Waals surface area (Å²) in [5.41, 5.74) is 0.998. The normalized spacial score (nSPS) is 17.4. The van der Waals surface area contributed by atoms with Crippen LogP contribution in [0.1, 0.15) is 39.0 Å². The Kier molecular flexibility index (Phi) is 10.1. The van der Waals surface area contributed by atoms with Crippen molar-refractivity contribution in [1.29, 1.82) is 0 Å². The number of hydrogen-bond acceptors (Lipinski definition) is 4. The van der Waals surface area contributed by atoms with Crippen molar-refractivity contribution in [1.82, 2.24) is 0 Å². The average molecular weight is 477 g/mol. The molecule has 0 bridgehead atoms. The summed E-state index contributed by atoms with van der Waals surface area (Å²) < 4.78 is 17.6. The topological polar surface area (TPSA) is 44.8 Å². The van der Waals surface area contributed by atoms with Crippen molar-refractivity contribution >= 4 is 24.7 Å². The smallest absolute Gasteiger partial charge is 0.302 e. The second-order valence-electron chi connectivity index (χ2n) is 8.60. The third kappa shape index (κ3) is 6.66. The zero-order valence-corrected chi connectivity index (χ0v) is 21.4. The number of carbonyl (C=O) groups excluding carboxylic acids is 1. The van der Waals surface area contributed by atoms with Crippen LogP contribution in [0.3, 0.4) is 0 Å². The van der Waals surface area contributed by atoms with Crippen LogP contribution in [-0.4, -0.2) is 40.7 Å². The van der Waals surface area contributed by atoms with Gasteiger partial charge in [-0.25, -0.2) is 0 Å². The number of hydrogen-bond donors (Lipinski definition) is 0. The maximum atomic E-state index is 10.8. The van der Waals surface area contributed by atoms with E-state index in [1.165, 1.54) is 22.5 Å². The lowest BCUT2D eigenvalue weighted by Crippen LogP contribution is -2.65. The van der Waals surface area contributed by atoms with E-state index in [2.05, 4.69) is 79.4 Å². The van der Waals surface area contributed by atoms with Crippen molar-refractivity contribution in [2.24, 2.45) is 0 Å². The van der Waals surface area contributed by atoms with Crippen molar-refractivity contribution in [2.45, 2.75) is 45.1 Å². The van der Waals surface area contributed by atoms with Crippen molar-refractivity contribution in [3.05, 3.63) is 96.2 Å². The summed E-state index contributed by atoms with van der Waals surface area (Å²) >= 11 is 0. The molecule has 4 nitrogen and oxygen atoms in total. The van der Waals surface area contributed by atoms with Gasteiger partial charge < -0.3 is 13.9 Å². The third-order valence-corrected chi connectivity index (χ3v) is 10.4. The Morgan fingerprint density at radius 2 is 1.71 bits per heavy atom. The number of rotatable bonds is 12. The number of unbranched alkanes of at least 4 members (excludes halogenated alkanes) is 2. The summed E-state index contributed by atoms with van der Waals surface area (Å²) in [5.74, 6) is -0.246. The van der Waals surface area contributed by atoms with Crippen molar-refractivity contribution < 1.29 is 18.7 Å². The molecule has 0 spiro atoms. The molecule has 0 aromatic heterocycles. The molecule has 1 unspecified atom stereocenters. The van der Waals surface area contributed by atoms with Gasteiger partial charge in [-0.15, -0.1) is 0 Å². The van der Waals surface area contributed by atoms with Gasteiger partial charge in [-0.3, -0.25) is 4.79 Å². The van der Waals surface area contributed by atoms with E-state index in [0.29, 0.717) is 13.2 Å². The maximum absolute atomic E-state index is 10.8. The predicted molar refractivity (Wildman–Crippen MR) is 141 cm³/mol. The van der Waals surface area contributed by atoms with Gasteiger partial charge in [0.1, 0.15) is 6.61 Å². The summed E-state index contributed by atoms with van der Waals surface area (Å²) in [4.78, 5) is 10.8. The molecular formula is C29H36O4Si. The Morgan fingerprint density at radius 3 is 2.29 bits per heavy atom. The first kappa shape index (κ1) is 25.9. The molecule has 0 radical (unpaired) electrons. The summed E-state index contributed by atoms with van der Waals surface area (Å²) in [5, 5.41) is 3.70. The Bertz CT molecular complexity index is 942. The number of methoxy groups -OCH3 is 1. The highest BCUT2D eigenvalue weighted by Gasteiger charge is 2.47. The SMILES string of the molecule is C=C(COC)C1=CCC(CCCC/C=C/COC(C)=O)O[Si]1(c1ccccc1)c1ccccc1. The molecule has 5 heteroatoms. The molecule has 3 rings (SSSR count). The van der Waals surface area contributed by atoms with Crippen molar-refractivity contribution in [3.8, 4) is 0 Å². The minimum atomic E-state index is -2.71. The molecule has 1 aliphatic heterocycles. The standard InChI is InChI=1S/C29H36O4Si/c1-24(23-31-3)29-21-20-26(15-9-5-4-6-14-22-32-25(2)30)33-34(29,27-16-10-7-11-17-27)28-18-12-8-13-19-28/h6-8,10-14,16-19,21,26H,1,4-5,9,15,20,22-23H2,2-3H3/b14-6+. The molecule has 0 fully saturated rings. The Labute approximate surface area is 205 Å². The van der Waals surface area contributed by atoms with Crippen LogP contribution in [-0.2, 0) is 18.7 Å². The minimum Gasteiger partial charge on any atom is -0.462 e. The minimum absolute atomic E-state index is 0.163. The van der Waals surface area contributed by atoms with Crippen LogP contribution >= 0.6 is 0 Å². The summed E-state index contributed by atoms with van der Waals surface area (Å²) in [7, 11) is -0.990. The largest absolute Gasteiger partial charge is 0.462 e. The van der Waals surface area contributed by atoms with Crippen LogP contribution in [0.2, 0.25) is 0 Å². The number of ether oxygens (including phenoxy) is 2. The molecule has 2 aromatic rings. The van der Waals surface area contributed by atoms with Crippen molar-refractivity contribution in [3.63, 3.8) is 0 Å². The first-order valence-electron chi connectivity index (χ1n) is 12.0. The fraction of sp³-hybridized carbons (Fsp3) is 0.345. The number of allylic oxidation sites excluding steroid dienone is 1. The van der Waals surface area contributed by atoms with E-state index >= 15 is 0 Å². The number of carbonyl (C=O) groups is 1. The lowest BCUT2D eigenvalue weighted by atomic mass is 10.1. The molecule has 0 N–H and O–H groups in total. The fourth-order valence-corrected chi connectivity index (χ4v) is 8.89. The highest BCUT2D eigenvalue weighted by atomic mass is 28.4. The molecule has 0 amide bonds. The van der Waals surface area contributed by atoms with Gasteiger partial charge in [0.05, 0.1) is 6.61 Å². The van der Waals surface area contributed by atoms with Gasteiger partial charge >= 0.3 is 5.97 Å². The Balaban J connectivity index is 1.80. The highest BCUT2D eigenvalue weighted by molar-refractivity contribution is 7.03. The quantitative estimate of drug-likeness (QED) is 0.190. The molecule has 1 aliphatic rings. The zero-order valence-electron chi connectivity index (χ0n) is 20.4. The van der Waals surface area contributed by atoms with Crippen LogP contribution in [0, 0.1) is 0 Å². The maximum Gasteiger partial charge on any atom is 0.302 e. The van der Waals surface area contributed by atoms with E-state index in [1.54, 1.807) is 7.11 Å². The molecule has 0 aliphatic carbocycles. The number of benzene rings is 2. The molecule has 34 heavy (non-hydrogen) atoms. The van der Waals surface area contributed by atoms with E-state index in [1.807, 2.05) is 6.08 Å². The van der Waals surface area contributed by atoms with E-state index in [9.17, 15) is 4.79 Å². The van der Waals surface area contributed by atoms with Crippen LogP contribution in [0.15, 0.2) is 96.2 Å². The first-order chi connectivity index (χ1) is 16.6. The van der Waals surface area contributed by atoms with Gasteiger partial charge in [0.2, 0.25) is 0 Å². The second kappa shape index (κ2) is 13.2. The average Bonchev–Trinajstić information content (AvgIpc) is 2.86. The molecular weight excluding hydrogens is 440 g/mol. The monoisotopic (exact) mass is 476 g/mol. The van der Waals surface area contributed by atoms with Gasteiger partial charge in [-0.1, -0.05) is 91.9 Å². The Hall–Kier alpha value is -2.73. The predicted octanol–water partition coefficient (Wildman–Crippen LogP) is 4.88. The number of esters is 1. The zero-order chi connectivity index (χ0) is 24.2. The lowest BCUT2D eigenvalue weighted by Gasteiger charge is -2.42. The summed E-state index contributed by atoms with van der Waals surface area (Å²) in [6.07, 6.45) is 11.5. The molecule has 180 valence electrons. The van der Waals surface area contributed by atoms with Crippen LogP contribution in [0.4, 0.5) is 0 Å². The molecule has 2 aromatic carbocycles. The van der Waals surface area contributed by atoms with Gasteiger partial charge in [0, 0.05) is 20.1 Å². The molecule has 0 saturated heterocycles. The van der Waals surface area contributed by atoms with Crippen LogP contribution in [0.25, 0.3) is 0 Å². The Morgan fingerprint density at radius 1 is 1.06 bits per heavy atom. The van der Waals surface area contributed by atoms with Crippen LogP contribution < -0.4 is 10.4 Å². The second-order valence-corrected chi connectivity index (χ2v) is 11.9. The van der Waals surface area contributed by atoms with Gasteiger partial charge in [-0.05, 0) is 46.8 Å². The van der Waals surface area contributed by atoms with Crippen molar-refractivity contribution in [2.75, 3.05) is 20.3 Å². The molecule has 1 heterocycles. The van der Waals surface area contributed by atoms with E-state index in [-0.39, 0.29) is 12.1 Å². The lowest BCUT2D eigenvalue weighted by molar-refractivity contribution is -0.139. The third-order valence-electron chi connectivity index (χ3n) is 6.06. The van der Waals surface area contributed by atoms with E-state index in [0.717, 1.165) is 37.7 Å². The van der Waals surface area contributed by atoms with Gasteiger partial charge in [-0.2, -0.15) is 0 Å². The highest BCUT2D eigenvalue weighted by Crippen LogP contribution is 2.32. The van der Waals surface area contributed by atoms with E-state index in [4.69, 9.17) is 13.9 Å². The van der Waals surface area contributed by atoms with Gasteiger partial charge in [0.25, 0.3) is 8.32 Å². The van der Waals surface area contributed by atoms with E-state index < -0.39 is 8.32 Å². The molecule has 0 saturated carbocycles. The first-order valence-corrected chi connectivity index (χ1v) is 13.9. The summed E-state index contributed by atoms with van der Waals surface area (Å²) in [6, 6.07) is 21.3. The summed E-state index contributed by atoms with van der Waals surface area (Å²) in [6.45, 7) is 6.65.